The van der Waals surface area contributed by atoms with Crippen LogP contribution in [0.2, 0.25) is 0 Å². The summed E-state index contributed by atoms with van der Waals surface area (Å²) in [6, 6.07) is 13.2. The second kappa shape index (κ2) is 7.42. The molecule has 2 rings (SSSR count). The second-order valence-electron chi connectivity index (χ2n) is 5.29. The van der Waals surface area contributed by atoms with Gasteiger partial charge in [-0.2, -0.15) is 0 Å². The maximum atomic E-state index is 12.2. The average Bonchev–Trinajstić information content (AvgIpc) is 2.59. The minimum atomic E-state index is -3.49. The summed E-state index contributed by atoms with van der Waals surface area (Å²) >= 11 is 0. The van der Waals surface area contributed by atoms with Gasteiger partial charge in [-0.3, -0.25) is 4.79 Å². The van der Waals surface area contributed by atoms with Crippen LogP contribution in [-0.4, -0.2) is 39.7 Å². The van der Waals surface area contributed by atoms with E-state index in [2.05, 4.69) is 0 Å². The number of allylic oxidation sites excluding steroid dienone is 1. The van der Waals surface area contributed by atoms with E-state index in [9.17, 15) is 13.2 Å². The van der Waals surface area contributed by atoms with Gasteiger partial charge in [-0.15, -0.1) is 0 Å². The molecule has 0 heterocycles. The Morgan fingerprint density at radius 1 is 1.08 bits per heavy atom. The third-order valence-corrected chi connectivity index (χ3v) is 5.27. The molecular formula is C18H19NO4S. The van der Waals surface area contributed by atoms with Gasteiger partial charge < -0.3 is 4.74 Å². The molecule has 0 aliphatic heterocycles. The first-order chi connectivity index (χ1) is 11.3. The molecule has 24 heavy (non-hydrogen) atoms. The van der Waals surface area contributed by atoms with Crippen LogP contribution < -0.4 is 4.74 Å². The van der Waals surface area contributed by atoms with Crippen LogP contribution in [0.1, 0.15) is 15.9 Å². The van der Waals surface area contributed by atoms with E-state index in [-0.39, 0.29) is 10.7 Å². The van der Waals surface area contributed by atoms with E-state index < -0.39 is 10.0 Å². The van der Waals surface area contributed by atoms with E-state index in [1.54, 1.807) is 13.2 Å². The maximum Gasteiger partial charge on any atom is 0.242 e. The fraction of sp³-hybridized carbons (Fsp3) is 0.167. The van der Waals surface area contributed by atoms with Crippen LogP contribution in [0.15, 0.2) is 59.5 Å². The number of nitrogens with zero attached hydrogens (tertiary/aromatic N) is 1. The molecule has 5 nitrogen and oxygen atoms in total. The number of benzene rings is 2. The Bertz CT molecular complexity index is 853. The molecule has 0 N–H and O–H groups in total. The molecule has 2 aromatic carbocycles. The van der Waals surface area contributed by atoms with Crippen molar-refractivity contribution >= 4 is 21.9 Å². The van der Waals surface area contributed by atoms with Crippen LogP contribution in [-0.2, 0) is 10.0 Å². The number of hydrogen-bond acceptors (Lipinski definition) is 4. The lowest BCUT2D eigenvalue weighted by Gasteiger charge is -2.11. The third kappa shape index (κ3) is 4.10. The summed E-state index contributed by atoms with van der Waals surface area (Å²) < 4.78 is 30.3. The fourth-order valence-corrected chi connectivity index (χ4v) is 2.92. The molecule has 0 atom stereocenters. The summed E-state index contributed by atoms with van der Waals surface area (Å²) in [5.41, 5.74) is 1.27. The van der Waals surface area contributed by atoms with E-state index in [4.69, 9.17) is 4.74 Å². The summed E-state index contributed by atoms with van der Waals surface area (Å²) in [7, 11) is 1.02. The lowest BCUT2D eigenvalue weighted by atomic mass is 10.1. The van der Waals surface area contributed by atoms with Crippen molar-refractivity contribution in [1.82, 2.24) is 4.31 Å². The Balaban J connectivity index is 2.17. The first-order valence-corrected chi connectivity index (χ1v) is 8.67. The van der Waals surface area contributed by atoms with Crippen molar-refractivity contribution in [3.05, 3.63) is 65.7 Å². The molecule has 0 saturated heterocycles. The normalized spacial score (nSPS) is 11.8. The van der Waals surface area contributed by atoms with Crippen LogP contribution in [0.5, 0.6) is 5.75 Å². The van der Waals surface area contributed by atoms with Gasteiger partial charge in [0.1, 0.15) is 5.75 Å². The molecule has 0 amide bonds. The van der Waals surface area contributed by atoms with Crippen molar-refractivity contribution in [2.24, 2.45) is 0 Å². The lowest BCUT2D eigenvalue weighted by Crippen LogP contribution is -2.22. The van der Waals surface area contributed by atoms with E-state index in [1.807, 2.05) is 24.3 Å². The van der Waals surface area contributed by atoms with Crippen molar-refractivity contribution in [2.45, 2.75) is 4.90 Å². The summed E-state index contributed by atoms with van der Waals surface area (Å²) in [4.78, 5) is 12.3. The highest BCUT2D eigenvalue weighted by Crippen LogP contribution is 2.16. The van der Waals surface area contributed by atoms with Gasteiger partial charge in [-0.05, 0) is 48.0 Å². The fourth-order valence-electron chi connectivity index (χ4n) is 2.02. The zero-order valence-corrected chi connectivity index (χ0v) is 14.6. The van der Waals surface area contributed by atoms with Crippen molar-refractivity contribution < 1.29 is 17.9 Å². The van der Waals surface area contributed by atoms with Gasteiger partial charge in [-0.1, -0.05) is 18.2 Å². The molecule has 0 fully saturated rings. The average molecular weight is 345 g/mol. The van der Waals surface area contributed by atoms with E-state index in [1.165, 1.54) is 44.4 Å². The van der Waals surface area contributed by atoms with E-state index in [0.717, 1.165) is 9.87 Å². The predicted octanol–water partition coefficient (Wildman–Crippen LogP) is 2.84. The van der Waals surface area contributed by atoms with Crippen LogP contribution in [0.25, 0.3) is 6.08 Å². The minimum Gasteiger partial charge on any atom is -0.497 e. The van der Waals surface area contributed by atoms with Crippen LogP contribution in [0.3, 0.4) is 0 Å². The molecule has 0 radical (unpaired) electrons. The van der Waals surface area contributed by atoms with Gasteiger partial charge in [0.2, 0.25) is 10.0 Å². The monoisotopic (exact) mass is 345 g/mol. The number of carbonyl (C=O) groups excluding carboxylic acids is 1. The van der Waals surface area contributed by atoms with Gasteiger partial charge in [0.05, 0.1) is 12.0 Å². The van der Waals surface area contributed by atoms with E-state index in [0.29, 0.717) is 11.3 Å². The first kappa shape index (κ1) is 17.9. The van der Waals surface area contributed by atoms with Crippen molar-refractivity contribution in [3.63, 3.8) is 0 Å². The Kier molecular flexibility index (Phi) is 5.54. The number of carbonyl (C=O) groups is 1. The molecule has 126 valence electrons. The van der Waals surface area contributed by atoms with Crippen molar-refractivity contribution in [3.8, 4) is 5.75 Å². The number of sulfonamides is 1. The third-order valence-electron chi connectivity index (χ3n) is 3.44. The lowest BCUT2D eigenvalue weighted by molar-refractivity contribution is 0.104. The summed E-state index contributed by atoms with van der Waals surface area (Å²) in [5, 5.41) is 0. The second-order valence-corrected chi connectivity index (χ2v) is 7.44. The molecule has 0 bridgehead atoms. The molecule has 6 heteroatoms. The Morgan fingerprint density at radius 3 is 2.33 bits per heavy atom. The quantitative estimate of drug-likeness (QED) is 0.596. The summed E-state index contributed by atoms with van der Waals surface area (Å²) in [6.07, 6.45) is 3.14. The van der Waals surface area contributed by atoms with E-state index >= 15 is 0 Å². The number of ether oxygens (including phenoxy) is 1. The van der Waals surface area contributed by atoms with Crippen molar-refractivity contribution in [2.75, 3.05) is 21.2 Å². The smallest absolute Gasteiger partial charge is 0.242 e. The summed E-state index contributed by atoms with van der Waals surface area (Å²) in [5.74, 6) is 0.509. The zero-order valence-electron chi connectivity index (χ0n) is 13.8. The van der Waals surface area contributed by atoms with Crippen LogP contribution in [0.4, 0.5) is 0 Å². The summed E-state index contributed by atoms with van der Waals surface area (Å²) in [6.45, 7) is 0. The molecule has 0 aliphatic carbocycles. The number of ketones is 1. The van der Waals surface area contributed by atoms with Gasteiger partial charge in [0.15, 0.2) is 5.78 Å². The maximum absolute atomic E-state index is 12.2. The Labute approximate surface area is 142 Å². The molecule has 0 unspecified atom stereocenters. The number of hydrogen-bond donors (Lipinski definition) is 0. The largest absolute Gasteiger partial charge is 0.497 e. The molecular weight excluding hydrogens is 326 g/mol. The van der Waals surface area contributed by atoms with Crippen molar-refractivity contribution in [1.29, 1.82) is 0 Å². The highest BCUT2D eigenvalue weighted by atomic mass is 32.2. The molecule has 0 aromatic heterocycles. The molecule has 0 spiro atoms. The van der Waals surface area contributed by atoms with Gasteiger partial charge in [0, 0.05) is 19.7 Å². The SMILES string of the molecule is COc1cccc(/C=C/C(=O)c2ccc(S(=O)(=O)N(C)C)cc2)c1. The Morgan fingerprint density at radius 2 is 1.75 bits per heavy atom. The molecule has 2 aromatic rings. The van der Waals surface area contributed by atoms with Gasteiger partial charge >= 0.3 is 0 Å². The molecule has 0 aliphatic rings. The van der Waals surface area contributed by atoms with Crippen LogP contribution in [0, 0.1) is 0 Å². The zero-order chi connectivity index (χ0) is 17.7. The molecule has 0 saturated carbocycles. The predicted molar refractivity (Wildman–Crippen MR) is 93.7 cm³/mol. The minimum absolute atomic E-state index is 0.154. The number of methoxy groups -OCH3 is 1. The highest BCUT2D eigenvalue weighted by Gasteiger charge is 2.17. The standard InChI is InChI=1S/C18H19NO4S/c1-19(2)24(21,22)17-10-8-15(9-11-17)18(20)12-7-14-5-4-6-16(13-14)23-3/h4-13H,1-3H3/b12-7+. The van der Waals surface area contributed by atoms with Gasteiger partial charge in [-0.25, -0.2) is 12.7 Å². The van der Waals surface area contributed by atoms with Crippen LogP contribution >= 0.6 is 0 Å². The Hall–Kier alpha value is -2.44. The van der Waals surface area contributed by atoms with Gasteiger partial charge in [0.25, 0.3) is 0 Å². The number of rotatable bonds is 6. The first-order valence-electron chi connectivity index (χ1n) is 7.23. The highest BCUT2D eigenvalue weighted by molar-refractivity contribution is 7.89. The topological polar surface area (TPSA) is 63.7 Å².